The van der Waals surface area contributed by atoms with E-state index in [1.807, 2.05) is 0 Å². The van der Waals surface area contributed by atoms with Crippen LogP contribution in [0.1, 0.15) is 13.8 Å². The van der Waals surface area contributed by atoms with Crippen molar-refractivity contribution in [1.82, 2.24) is 0 Å². The summed E-state index contributed by atoms with van der Waals surface area (Å²) in [5.74, 6) is -0.659. The van der Waals surface area contributed by atoms with Crippen LogP contribution in [-0.2, 0) is 14.2 Å². The van der Waals surface area contributed by atoms with E-state index in [1.54, 1.807) is 13.8 Å². The summed E-state index contributed by atoms with van der Waals surface area (Å²) >= 11 is 4.01. The summed E-state index contributed by atoms with van der Waals surface area (Å²) < 4.78 is 16.2. The quantitative estimate of drug-likeness (QED) is 0.536. The minimum atomic E-state index is -0.981. The third-order valence-corrected chi connectivity index (χ3v) is 3.10. The SMILES string of the molecule is CC1(C)OCC(C2OC(S)C(O)C2O)O1. The zero-order valence-corrected chi connectivity index (χ0v) is 9.55. The number of aliphatic hydroxyl groups excluding tert-OH is 2. The van der Waals surface area contributed by atoms with Gasteiger partial charge in [0.25, 0.3) is 0 Å². The van der Waals surface area contributed by atoms with Crippen molar-refractivity contribution < 1.29 is 24.4 Å². The van der Waals surface area contributed by atoms with Crippen LogP contribution in [0.5, 0.6) is 0 Å². The molecule has 0 bridgehead atoms. The van der Waals surface area contributed by atoms with Gasteiger partial charge in [-0.1, -0.05) is 0 Å². The van der Waals surface area contributed by atoms with Gasteiger partial charge in [0.1, 0.15) is 29.9 Å². The van der Waals surface area contributed by atoms with Gasteiger partial charge in [0.15, 0.2) is 5.79 Å². The van der Waals surface area contributed by atoms with E-state index in [2.05, 4.69) is 12.6 Å². The van der Waals surface area contributed by atoms with Crippen molar-refractivity contribution in [3.63, 3.8) is 0 Å². The number of hydrogen-bond acceptors (Lipinski definition) is 6. The highest BCUT2D eigenvalue weighted by molar-refractivity contribution is 7.80. The maximum atomic E-state index is 9.70. The van der Waals surface area contributed by atoms with E-state index in [1.165, 1.54) is 0 Å². The fourth-order valence-electron chi connectivity index (χ4n) is 1.87. The summed E-state index contributed by atoms with van der Waals surface area (Å²) in [6.45, 7) is 3.94. The zero-order chi connectivity index (χ0) is 11.2. The minimum Gasteiger partial charge on any atom is -0.387 e. The van der Waals surface area contributed by atoms with E-state index in [4.69, 9.17) is 14.2 Å². The number of aliphatic hydroxyl groups is 2. The van der Waals surface area contributed by atoms with Crippen LogP contribution in [0.2, 0.25) is 0 Å². The number of hydrogen-bond donors (Lipinski definition) is 3. The fraction of sp³-hybridized carbons (Fsp3) is 1.00. The highest BCUT2D eigenvalue weighted by atomic mass is 32.1. The van der Waals surface area contributed by atoms with Crippen molar-refractivity contribution >= 4 is 12.6 Å². The third kappa shape index (κ3) is 2.15. The lowest BCUT2D eigenvalue weighted by atomic mass is 10.1. The predicted octanol–water partition coefficient (Wildman–Crippen LogP) is -0.486. The average Bonchev–Trinajstić information content (AvgIpc) is 2.62. The molecule has 2 N–H and O–H groups in total. The number of rotatable bonds is 1. The van der Waals surface area contributed by atoms with Gasteiger partial charge >= 0.3 is 0 Å². The molecule has 6 heteroatoms. The largest absolute Gasteiger partial charge is 0.387 e. The predicted molar refractivity (Wildman–Crippen MR) is 54.6 cm³/mol. The molecule has 0 spiro atoms. The van der Waals surface area contributed by atoms with Crippen molar-refractivity contribution in [3.05, 3.63) is 0 Å². The molecule has 0 aromatic rings. The molecular weight excluding hydrogens is 220 g/mol. The van der Waals surface area contributed by atoms with Gasteiger partial charge in [0.05, 0.1) is 6.61 Å². The molecule has 0 radical (unpaired) electrons. The first-order valence-corrected chi connectivity index (χ1v) is 5.44. The van der Waals surface area contributed by atoms with Crippen molar-refractivity contribution in [3.8, 4) is 0 Å². The zero-order valence-electron chi connectivity index (χ0n) is 8.66. The molecule has 5 unspecified atom stereocenters. The molecular formula is C9H16O5S. The van der Waals surface area contributed by atoms with E-state index >= 15 is 0 Å². The van der Waals surface area contributed by atoms with Crippen LogP contribution in [0.3, 0.4) is 0 Å². The standard InChI is InChI=1S/C9H16O5S/c1-9(2)12-3-4(14-9)7-5(10)6(11)8(15)13-7/h4-8,10-11,15H,3H2,1-2H3. The van der Waals surface area contributed by atoms with Crippen LogP contribution in [0, 0.1) is 0 Å². The summed E-state index contributed by atoms with van der Waals surface area (Å²) in [6.07, 6.45) is -2.90. The smallest absolute Gasteiger partial charge is 0.163 e. The lowest BCUT2D eigenvalue weighted by Crippen LogP contribution is -2.40. The number of thiol groups is 1. The summed E-state index contributed by atoms with van der Waals surface area (Å²) in [7, 11) is 0. The fourth-order valence-corrected chi connectivity index (χ4v) is 2.19. The Kier molecular flexibility index (Phi) is 3.00. The molecule has 2 aliphatic heterocycles. The third-order valence-electron chi connectivity index (χ3n) is 2.67. The van der Waals surface area contributed by atoms with Gasteiger partial charge in [-0.05, 0) is 13.8 Å². The number of ether oxygens (including phenoxy) is 3. The molecule has 0 amide bonds. The molecule has 5 nitrogen and oxygen atoms in total. The van der Waals surface area contributed by atoms with Crippen LogP contribution in [0.15, 0.2) is 0 Å². The summed E-state index contributed by atoms with van der Waals surface area (Å²) in [5, 5.41) is 19.2. The average molecular weight is 236 g/mol. The van der Waals surface area contributed by atoms with Crippen molar-refractivity contribution in [2.45, 2.75) is 49.5 Å². The van der Waals surface area contributed by atoms with Gasteiger partial charge < -0.3 is 24.4 Å². The Balaban J connectivity index is 2.01. The Hall–Kier alpha value is 0.150. The Morgan fingerprint density at radius 2 is 1.93 bits per heavy atom. The summed E-state index contributed by atoms with van der Waals surface area (Å²) in [4.78, 5) is 0. The summed E-state index contributed by atoms with van der Waals surface area (Å²) in [5.41, 5.74) is -0.669. The van der Waals surface area contributed by atoms with E-state index in [0.29, 0.717) is 6.61 Å². The Morgan fingerprint density at radius 3 is 2.33 bits per heavy atom. The second-order valence-electron chi connectivity index (χ2n) is 4.34. The molecule has 15 heavy (non-hydrogen) atoms. The highest BCUT2D eigenvalue weighted by Crippen LogP contribution is 2.32. The monoisotopic (exact) mass is 236 g/mol. The van der Waals surface area contributed by atoms with E-state index in [-0.39, 0.29) is 6.10 Å². The molecule has 0 aromatic carbocycles. The van der Waals surface area contributed by atoms with E-state index in [0.717, 1.165) is 0 Å². The van der Waals surface area contributed by atoms with Crippen molar-refractivity contribution in [1.29, 1.82) is 0 Å². The van der Waals surface area contributed by atoms with Gasteiger partial charge in [0.2, 0.25) is 0 Å². The van der Waals surface area contributed by atoms with E-state index in [9.17, 15) is 10.2 Å². The van der Waals surface area contributed by atoms with Gasteiger partial charge in [-0.15, -0.1) is 12.6 Å². The van der Waals surface area contributed by atoms with Gasteiger partial charge in [0, 0.05) is 0 Å². The lowest BCUT2D eigenvalue weighted by Gasteiger charge is -2.22. The highest BCUT2D eigenvalue weighted by Gasteiger charge is 2.49. The van der Waals surface area contributed by atoms with Crippen LogP contribution in [0.25, 0.3) is 0 Å². The topological polar surface area (TPSA) is 68.2 Å². The van der Waals surface area contributed by atoms with Crippen LogP contribution < -0.4 is 0 Å². The van der Waals surface area contributed by atoms with Gasteiger partial charge in [-0.2, -0.15) is 0 Å². The Labute approximate surface area is 93.7 Å². The Morgan fingerprint density at radius 1 is 1.27 bits per heavy atom. The molecule has 2 saturated heterocycles. The molecule has 2 aliphatic rings. The van der Waals surface area contributed by atoms with E-state index < -0.39 is 29.5 Å². The molecule has 2 fully saturated rings. The second kappa shape index (κ2) is 3.87. The molecule has 0 aliphatic carbocycles. The minimum absolute atomic E-state index is 0.349. The van der Waals surface area contributed by atoms with Crippen LogP contribution in [0.4, 0.5) is 0 Å². The normalized spacial score (nSPS) is 49.8. The molecule has 88 valence electrons. The van der Waals surface area contributed by atoms with Gasteiger partial charge in [-0.25, -0.2) is 0 Å². The van der Waals surface area contributed by atoms with Crippen molar-refractivity contribution in [2.75, 3.05) is 6.61 Å². The molecule has 2 rings (SSSR count). The Bertz CT molecular complexity index is 247. The first-order valence-electron chi connectivity index (χ1n) is 4.92. The molecule has 0 saturated carbocycles. The molecule has 5 atom stereocenters. The molecule has 2 heterocycles. The summed E-state index contributed by atoms with van der Waals surface area (Å²) in [6, 6.07) is 0. The van der Waals surface area contributed by atoms with Gasteiger partial charge in [-0.3, -0.25) is 0 Å². The van der Waals surface area contributed by atoms with Crippen LogP contribution >= 0.6 is 12.6 Å². The maximum Gasteiger partial charge on any atom is 0.163 e. The van der Waals surface area contributed by atoms with Crippen molar-refractivity contribution in [2.24, 2.45) is 0 Å². The lowest BCUT2D eigenvalue weighted by molar-refractivity contribution is -0.159. The molecule has 0 aromatic heterocycles. The maximum absolute atomic E-state index is 9.70. The van der Waals surface area contributed by atoms with Crippen LogP contribution in [-0.4, -0.2) is 52.5 Å². The first-order chi connectivity index (χ1) is 6.91. The second-order valence-corrected chi connectivity index (χ2v) is 4.85. The first kappa shape index (κ1) is 11.6.